The van der Waals surface area contributed by atoms with E-state index in [9.17, 15) is 29.4 Å². The number of rotatable bonds is 15. The maximum atomic E-state index is 13.1. The summed E-state index contributed by atoms with van der Waals surface area (Å²) in [7, 11) is 7.61. The van der Waals surface area contributed by atoms with Crippen molar-refractivity contribution in [2.75, 3.05) is 51.8 Å². The van der Waals surface area contributed by atoms with Crippen LogP contribution in [0.4, 0.5) is 0 Å². The molecule has 4 bridgehead atoms. The zero-order valence-corrected chi connectivity index (χ0v) is 38.5. The third-order valence-corrected chi connectivity index (χ3v) is 18.1. The van der Waals surface area contributed by atoms with Crippen LogP contribution >= 0.6 is 21.6 Å². The minimum absolute atomic E-state index is 0.0477. The number of hydrogen-bond acceptors (Lipinski definition) is 14. The summed E-state index contributed by atoms with van der Waals surface area (Å²) in [5.74, 6) is 2.09. The van der Waals surface area contributed by atoms with Crippen molar-refractivity contribution >= 4 is 45.3 Å². The average molecular weight is 915 g/mol. The molecule has 10 rings (SSSR count). The van der Waals surface area contributed by atoms with Crippen LogP contribution in [0.3, 0.4) is 0 Å². The fourth-order valence-electron chi connectivity index (χ4n) is 13.0. The molecule has 64 heavy (non-hydrogen) atoms. The van der Waals surface area contributed by atoms with Gasteiger partial charge in [0.15, 0.2) is 35.2 Å². The molecule has 2 unspecified atom stereocenters. The van der Waals surface area contributed by atoms with E-state index in [2.05, 4.69) is 46.7 Å². The number of likely N-dealkylation sites (N-methyl/N-ethyl adjacent to an activating group) is 2. The number of phenolic OH excluding ortho intramolecular Hbond substituents is 2. The van der Waals surface area contributed by atoms with Crippen molar-refractivity contribution in [1.29, 1.82) is 0 Å². The maximum absolute atomic E-state index is 13.1. The Morgan fingerprint density at radius 2 is 1.12 bits per heavy atom. The standard InChI is InChI=1S/C48H58N4O10S2/c1-25(53)59-37-9-7-31-33-23-29-27(21-35(55)43-41(29)47(31,45(37)61-43)13-17-51(33)3)5-11-39(57)49-15-19-63-64-20-16-50-40(58)12-6-28-22-36(56)44-42-30(28)24-34-32-8-10-38(60-26(2)54)46(62-44)48(32,42)14-18-52(34)4/h7-10,21-22,31-34,37-38,45-46,55-56H,5-6,11-20,23-24H2,1-4H3,(H,49,57)(H,50,58)/t31?,32?,33-,34+,37+,38-,45+,46-,47+,48-. The Balaban J connectivity index is 0.681. The molecule has 10 atom stereocenters. The van der Waals surface area contributed by atoms with Crippen LogP contribution in [0.25, 0.3) is 0 Å². The first-order chi connectivity index (χ1) is 30.8. The van der Waals surface area contributed by atoms with E-state index in [-0.39, 0.29) is 59.2 Å². The van der Waals surface area contributed by atoms with Crippen molar-refractivity contribution in [1.82, 2.24) is 20.4 Å². The van der Waals surface area contributed by atoms with Gasteiger partial charge in [0.25, 0.3) is 0 Å². The molecule has 2 aromatic carbocycles. The van der Waals surface area contributed by atoms with Crippen molar-refractivity contribution in [3.05, 3.63) is 69.8 Å². The first kappa shape index (κ1) is 43.5. The van der Waals surface area contributed by atoms with Crippen LogP contribution in [0.2, 0.25) is 0 Å². The molecule has 2 amide bonds. The molecule has 2 fully saturated rings. The number of ether oxygens (including phenoxy) is 4. The van der Waals surface area contributed by atoms with Crippen molar-refractivity contribution in [2.45, 2.75) is 113 Å². The van der Waals surface area contributed by atoms with E-state index < -0.39 is 35.2 Å². The monoisotopic (exact) mass is 914 g/mol. The minimum Gasteiger partial charge on any atom is -0.504 e. The number of aromatic hydroxyl groups is 2. The number of likely N-dealkylation sites (tertiary alicyclic amines) is 2. The van der Waals surface area contributed by atoms with E-state index in [1.165, 1.54) is 13.8 Å². The SMILES string of the molecule is CC(=O)O[C@H]1C=CC2[C@H]3Cc4c(CCC(=O)NCCSSCCNC(=O)CCc5cc(O)c6c7c5C[C@H]5C8C=C[C@@H](OC(C)=O)[C@@H](O6)[C@@]78CCN5C)cc(O)c5c4[C@@]2(CCN3C)[C@H]1O5. The Kier molecular flexibility index (Phi) is 11.4. The van der Waals surface area contributed by atoms with Gasteiger partial charge in [-0.3, -0.25) is 19.2 Å². The van der Waals surface area contributed by atoms with Crippen LogP contribution in [-0.4, -0.2) is 132 Å². The summed E-state index contributed by atoms with van der Waals surface area (Å²) >= 11 is 0. The molecule has 2 saturated heterocycles. The van der Waals surface area contributed by atoms with E-state index in [0.29, 0.717) is 61.8 Å². The number of carbonyl (C=O) groups is 4. The molecule has 4 aliphatic heterocycles. The Morgan fingerprint density at radius 3 is 1.53 bits per heavy atom. The quantitative estimate of drug-likeness (QED) is 0.0873. The van der Waals surface area contributed by atoms with Gasteiger partial charge in [-0.1, -0.05) is 33.7 Å². The number of hydrogen-bond donors (Lipinski definition) is 4. The number of amides is 2. The molecule has 4 aliphatic carbocycles. The highest BCUT2D eigenvalue weighted by atomic mass is 33.1. The predicted octanol–water partition coefficient (Wildman–Crippen LogP) is 4.03. The van der Waals surface area contributed by atoms with Crippen LogP contribution in [0.1, 0.15) is 72.9 Å². The molecule has 4 heterocycles. The minimum atomic E-state index is -0.534. The topological polar surface area (TPSA) is 176 Å². The predicted molar refractivity (Wildman–Crippen MR) is 242 cm³/mol. The first-order valence-corrected chi connectivity index (χ1v) is 25.3. The van der Waals surface area contributed by atoms with E-state index in [4.69, 9.17) is 18.9 Å². The largest absolute Gasteiger partial charge is 0.504 e. The van der Waals surface area contributed by atoms with E-state index in [1.807, 2.05) is 12.2 Å². The number of piperidine rings is 2. The van der Waals surface area contributed by atoms with Crippen molar-refractivity contribution < 1.29 is 48.3 Å². The summed E-state index contributed by atoms with van der Waals surface area (Å²) in [6.45, 7) is 5.61. The lowest BCUT2D eigenvalue weighted by Crippen LogP contribution is -2.65. The summed E-state index contributed by atoms with van der Waals surface area (Å²) in [5.41, 5.74) is 5.51. The summed E-state index contributed by atoms with van der Waals surface area (Å²) in [5, 5.41) is 28.6. The molecule has 2 spiro atoms. The van der Waals surface area contributed by atoms with Gasteiger partial charge in [0.1, 0.15) is 12.2 Å². The third kappa shape index (κ3) is 6.98. The Hall–Kier alpha value is -4.38. The number of esters is 2. The number of nitrogens with zero attached hydrogens (tertiary/aromatic N) is 2. The van der Waals surface area contributed by atoms with Gasteiger partial charge in [-0.25, -0.2) is 0 Å². The normalized spacial score (nSPS) is 31.9. The van der Waals surface area contributed by atoms with Crippen LogP contribution in [0.15, 0.2) is 36.4 Å². The zero-order chi connectivity index (χ0) is 44.7. The maximum Gasteiger partial charge on any atom is 0.303 e. The molecule has 4 N–H and O–H groups in total. The lowest BCUT2D eigenvalue weighted by Gasteiger charge is -2.56. The second-order valence-corrected chi connectivity index (χ2v) is 21.7. The zero-order valence-electron chi connectivity index (χ0n) is 36.9. The summed E-state index contributed by atoms with van der Waals surface area (Å²) in [6, 6.07) is 4.00. The van der Waals surface area contributed by atoms with Crippen LogP contribution in [0.5, 0.6) is 23.0 Å². The van der Waals surface area contributed by atoms with Gasteiger partial charge in [-0.05, 0) is 112 Å². The number of aryl methyl sites for hydroxylation is 2. The van der Waals surface area contributed by atoms with Crippen LogP contribution in [-0.2, 0) is 65.2 Å². The number of nitrogens with one attached hydrogen (secondary N) is 2. The lowest BCUT2D eigenvalue weighted by molar-refractivity contribution is -0.153. The van der Waals surface area contributed by atoms with Crippen molar-refractivity contribution in [3.8, 4) is 23.0 Å². The molecular weight excluding hydrogens is 857 g/mol. The Bertz CT molecular complexity index is 2180. The van der Waals surface area contributed by atoms with E-state index >= 15 is 0 Å². The Labute approximate surface area is 381 Å². The highest BCUT2D eigenvalue weighted by molar-refractivity contribution is 8.76. The Morgan fingerprint density at radius 1 is 0.703 bits per heavy atom. The van der Waals surface area contributed by atoms with Crippen LogP contribution < -0.4 is 20.1 Å². The van der Waals surface area contributed by atoms with Gasteiger partial charge in [-0.15, -0.1) is 0 Å². The first-order valence-electron chi connectivity index (χ1n) is 22.8. The second kappa shape index (κ2) is 16.8. The molecular formula is C48H58N4O10S2. The molecule has 8 aliphatic rings. The van der Waals surface area contributed by atoms with Gasteiger partial charge in [-0.2, -0.15) is 0 Å². The van der Waals surface area contributed by atoms with Crippen molar-refractivity contribution in [3.63, 3.8) is 0 Å². The number of phenols is 2. The van der Waals surface area contributed by atoms with Gasteiger partial charge in [0.05, 0.1) is 0 Å². The summed E-state index contributed by atoms with van der Waals surface area (Å²) in [6.07, 6.45) is 11.2. The van der Waals surface area contributed by atoms with Gasteiger partial charge >= 0.3 is 11.9 Å². The van der Waals surface area contributed by atoms with E-state index in [0.717, 1.165) is 72.2 Å². The summed E-state index contributed by atoms with van der Waals surface area (Å²) < 4.78 is 24.5. The second-order valence-electron chi connectivity index (χ2n) is 19.0. The number of carbonyl (C=O) groups excluding carboxylic acids is 4. The van der Waals surface area contributed by atoms with Gasteiger partial charge in [0.2, 0.25) is 11.8 Å². The van der Waals surface area contributed by atoms with Crippen LogP contribution in [0, 0.1) is 11.8 Å². The molecule has 14 nitrogen and oxygen atoms in total. The fourth-order valence-corrected chi connectivity index (χ4v) is 14.9. The third-order valence-electron chi connectivity index (χ3n) is 15.6. The molecule has 0 saturated carbocycles. The smallest absolute Gasteiger partial charge is 0.303 e. The summed E-state index contributed by atoms with van der Waals surface area (Å²) in [4.78, 5) is 55.0. The van der Waals surface area contributed by atoms with E-state index in [1.54, 1.807) is 33.7 Å². The molecule has 16 heteroatoms. The molecule has 2 aromatic rings. The average Bonchev–Trinajstić information content (AvgIpc) is 3.80. The number of benzene rings is 2. The highest BCUT2D eigenvalue weighted by Crippen LogP contribution is 2.65. The lowest BCUT2D eigenvalue weighted by atomic mass is 9.53. The fraction of sp³-hybridized carbons (Fsp3) is 0.583. The van der Waals surface area contributed by atoms with Gasteiger partial charge < -0.3 is 49.6 Å². The molecule has 0 aromatic heterocycles. The van der Waals surface area contributed by atoms with Crippen molar-refractivity contribution in [2.24, 2.45) is 11.8 Å². The molecule has 342 valence electrons. The van der Waals surface area contributed by atoms with Gasteiger partial charge in [0, 0.05) is 97.2 Å². The molecule has 0 radical (unpaired) electrons. The highest BCUT2D eigenvalue weighted by Gasteiger charge is 2.67.